The summed E-state index contributed by atoms with van der Waals surface area (Å²) >= 11 is 0. The van der Waals surface area contributed by atoms with Gasteiger partial charge in [-0.05, 0) is 25.9 Å². The van der Waals surface area contributed by atoms with Gasteiger partial charge in [-0.15, -0.1) is 0 Å². The Bertz CT molecular complexity index is 589. The first kappa shape index (κ1) is 16.8. The maximum Gasteiger partial charge on any atom is 0.223 e. The summed E-state index contributed by atoms with van der Waals surface area (Å²) in [6.45, 7) is 6.60. The van der Waals surface area contributed by atoms with Gasteiger partial charge in [-0.1, -0.05) is 6.42 Å². The largest absolute Gasteiger partial charge is 0.390 e. The van der Waals surface area contributed by atoms with Crippen molar-refractivity contribution in [3.8, 4) is 0 Å². The van der Waals surface area contributed by atoms with E-state index in [0.29, 0.717) is 19.8 Å². The van der Waals surface area contributed by atoms with E-state index in [4.69, 9.17) is 10.5 Å². The molecule has 25 heavy (non-hydrogen) atoms. The van der Waals surface area contributed by atoms with Gasteiger partial charge in [0.1, 0.15) is 11.6 Å². The Morgan fingerprint density at radius 2 is 1.64 bits per heavy atom. The zero-order chi connectivity index (χ0) is 17.2. The second kappa shape index (κ2) is 7.31. The van der Waals surface area contributed by atoms with Crippen molar-refractivity contribution in [2.45, 2.75) is 31.4 Å². The first-order valence-corrected chi connectivity index (χ1v) is 9.35. The first-order chi connectivity index (χ1) is 12.2. The summed E-state index contributed by atoms with van der Waals surface area (Å²) < 4.78 is 5.41. The molecule has 3 N–H and O–H groups in total. The number of nitrogen functional groups attached to an aromatic ring is 1. The molecule has 8 nitrogen and oxygen atoms in total. The lowest BCUT2D eigenvalue weighted by Crippen LogP contribution is -2.45. The van der Waals surface area contributed by atoms with Crippen LogP contribution in [-0.4, -0.2) is 84.6 Å². The second-order valence-electron chi connectivity index (χ2n) is 7.18. The number of nitrogens with two attached hydrogens (primary N) is 1. The summed E-state index contributed by atoms with van der Waals surface area (Å²) in [5, 5.41) is 10.6. The number of morpholine rings is 1. The minimum Gasteiger partial charge on any atom is -0.390 e. The molecule has 2 atom stereocenters. The maximum absolute atomic E-state index is 10.6. The van der Waals surface area contributed by atoms with E-state index in [1.54, 1.807) is 0 Å². The van der Waals surface area contributed by atoms with Crippen LogP contribution in [0.1, 0.15) is 19.3 Å². The van der Waals surface area contributed by atoms with E-state index >= 15 is 0 Å². The molecule has 3 aliphatic heterocycles. The molecule has 138 valence electrons. The molecule has 0 spiro atoms. The summed E-state index contributed by atoms with van der Waals surface area (Å²) in [7, 11) is 0. The van der Waals surface area contributed by atoms with Crippen LogP contribution in [0.25, 0.3) is 0 Å². The highest BCUT2D eigenvalue weighted by Gasteiger charge is 2.36. The smallest absolute Gasteiger partial charge is 0.223 e. The third-order valence-corrected chi connectivity index (χ3v) is 5.49. The number of nitrogens with zero attached hydrogens (tertiary/aromatic N) is 5. The highest BCUT2D eigenvalue weighted by atomic mass is 16.5. The second-order valence-corrected chi connectivity index (χ2v) is 7.18. The van der Waals surface area contributed by atoms with Gasteiger partial charge in [0.2, 0.25) is 5.95 Å². The molecule has 3 aliphatic rings. The molecule has 0 amide bonds. The van der Waals surface area contributed by atoms with E-state index in [0.717, 1.165) is 44.4 Å². The fraction of sp³-hybridized carbons (Fsp3) is 0.765. The molecule has 8 heteroatoms. The van der Waals surface area contributed by atoms with Crippen molar-refractivity contribution in [3.63, 3.8) is 0 Å². The molecule has 0 aromatic carbocycles. The van der Waals surface area contributed by atoms with Crippen LogP contribution in [0.3, 0.4) is 0 Å². The van der Waals surface area contributed by atoms with Gasteiger partial charge in [0.05, 0.1) is 25.4 Å². The number of aromatic nitrogens is 2. The Kier molecular flexibility index (Phi) is 4.91. The summed E-state index contributed by atoms with van der Waals surface area (Å²) in [5.41, 5.74) is 5.97. The molecule has 4 heterocycles. The first-order valence-electron chi connectivity index (χ1n) is 9.35. The molecule has 3 fully saturated rings. The van der Waals surface area contributed by atoms with Gasteiger partial charge >= 0.3 is 0 Å². The van der Waals surface area contributed by atoms with E-state index in [2.05, 4.69) is 24.7 Å². The van der Waals surface area contributed by atoms with Gasteiger partial charge in [0, 0.05) is 32.2 Å². The Balaban J connectivity index is 1.50. The summed E-state index contributed by atoms with van der Waals surface area (Å²) in [6, 6.07) is 2.18. The number of hydrogen-bond donors (Lipinski definition) is 2. The number of ether oxygens (including phenoxy) is 1. The van der Waals surface area contributed by atoms with Crippen molar-refractivity contribution in [1.29, 1.82) is 0 Å². The van der Waals surface area contributed by atoms with Gasteiger partial charge in [0.25, 0.3) is 0 Å². The summed E-state index contributed by atoms with van der Waals surface area (Å²) in [5.74, 6) is 1.95. The number of anilines is 3. The molecule has 3 saturated heterocycles. The van der Waals surface area contributed by atoms with Crippen molar-refractivity contribution < 1.29 is 9.84 Å². The molecular formula is C17H28N6O2. The highest BCUT2D eigenvalue weighted by Crippen LogP contribution is 2.27. The van der Waals surface area contributed by atoms with E-state index in [1.807, 2.05) is 6.07 Å². The van der Waals surface area contributed by atoms with Crippen molar-refractivity contribution in [3.05, 3.63) is 6.07 Å². The fourth-order valence-electron chi connectivity index (χ4n) is 4.12. The third kappa shape index (κ3) is 3.65. The van der Waals surface area contributed by atoms with Crippen molar-refractivity contribution in [1.82, 2.24) is 14.9 Å². The van der Waals surface area contributed by atoms with E-state index < -0.39 is 0 Å². The predicted molar refractivity (Wildman–Crippen MR) is 96.9 cm³/mol. The normalized spacial score (nSPS) is 28.5. The predicted octanol–water partition coefficient (Wildman–Crippen LogP) is -0.0692. The van der Waals surface area contributed by atoms with E-state index in [-0.39, 0.29) is 18.1 Å². The van der Waals surface area contributed by atoms with Gasteiger partial charge in [-0.3, -0.25) is 4.90 Å². The summed E-state index contributed by atoms with van der Waals surface area (Å²) in [4.78, 5) is 15.6. The van der Waals surface area contributed by atoms with Gasteiger partial charge in [0.15, 0.2) is 0 Å². The number of hydrogen-bond acceptors (Lipinski definition) is 8. The van der Waals surface area contributed by atoms with Gasteiger partial charge < -0.3 is 25.4 Å². The molecule has 4 rings (SSSR count). The quantitative estimate of drug-likeness (QED) is 0.785. The average Bonchev–Trinajstić information content (AvgIpc) is 3.04. The van der Waals surface area contributed by atoms with Crippen LogP contribution in [0.2, 0.25) is 0 Å². The Labute approximate surface area is 148 Å². The number of rotatable bonds is 3. The highest BCUT2D eigenvalue weighted by molar-refractivity contribution is 5.55. The lowest BCUT2D eigenvalue weighted by Gasteiger charge is -2.33. The van der Waals surface area contributed by atoms with Crippen molar-refractivity contribution in [2.24, 2.45) is 0 Å². The zero-order valence-electron chi connectivity index (χ0n) is 14.7. The molecule has 0 unspecified atom stereocenters. The van der Waals surface area contributed by atoms with Crippen LogP contribution < -0.4 is 15.5 Å². The van der Waals surface area contributed by atoms with Gasteiger partial charge in [-0.2, -0.15) is 9.97 Å². The zero-order valence-corrected chi connectivity index (χ0v) is 14.7. The van der Waals surface area contributed by atoms with Crippen LogP contribution in [-0.2, 0) is 4.74 Å². The fourth-order valence-corrected chi connectivity index (χ4v) is 4.12. The number of piperidine rings is 1. The Morgan fingerprint density at radius 3 is 2.36 bits per heavy atom. The molecule has 0 saturated carbocycles. The molecule has 0 aliphatic carbocycles. The number of β-amino-alcohol motifs (C(OH)–C–C–N with tert-alkyl or cyclic N) is 1. The van der Waals surface area contributed by atoms with E-state index in [9.17, 15) is 5.11 Å². The average molecular weight is 348 g/mol. The van der Waals surface area contributed by atoms with Crippen LogP contribution >= 0.6 is 0 Å². The van der Waals surface area contributed by atoms with Crippen LogP contribution in [0, 0.1) is 0 Å². The number of likely N-dealkylation sites (tertiary alicyclic amines) is 1. The van der Waals surface area contributed by atoms with Crippen LogP contribution in [0.15, 0.2) is 6.07 Å². The maximum atomic E-state index is 10.6. The standard InChI is InChI=1S/C17H28N6O2/c18-17-19-15(22-6-8-25-9-7-22)10-16(20-17)23-11-13(14(24)12-23)21-4-2-1-3-5-21/h10,13-14,24H,1-9,11-12H2,(H2,18,19,20)/t13-,14-/m0/s1. The number of aliphatic hydroxyl groups excluding tert-OH is 1. The molecule has 0 bridgehead atoms. The summed E-state index contributed by atoms with van der Waals surface area (Å²) in [6.07, 6.45) is 3.41. The van der Waals surface area contributed by atoms with Gasteiger partial charge in [-0.25, -0.2) is 0 Å². The minimum atomic E-state index is -0.346. The Hall–Kier alpha value is -1.64. The Morgan fingerprint density at radius 1 is 0.960 bits per heavy atom. The minimum absolute atomic E-state index is 0.184. The molecule has 1 aromatic heterocycles. The van der Waals surface area contributed by atoms with E-state index in [1.165, 1.54) is 19.3 Å². The van der Waals surface area contributed by atoms with Crippen molar-refractivity contribution >= 4 is 17.6 Å². The molecule has 0 radical (unpaired) electrons. The van der Waals surface area contributed by atoms with Crippen LogP contribution in [0.5, 0.6) is 0 Å². The monoisotopic (exact) mass is 348 g/mol. The van der Waals surface area contributed by atoms with Crippen LogP contribution in [0.4, 0.5) is 17.6 Å². The topological polar surface area (TPSA) is 91.0 Å². The molecular weight excluding hydrogens is 320 g/mol. The lowest BCUT2D eigenvalue weighted by molar-refractivity contribution is 0.0706. The molecule has 1 aromatic rings. The SMILES string of the molecule is Nc1nc(N2CCOCC2)cc(N2C[C@H](O)[C@@H](N3CCCCC3)C2)n1. The third-order valence-electron chi connectivity index (χ3n) is 5.49. The lowest BCUT2D eigenvalue weighted by atomic mass is 10.1. The van der Waals surface area contributed by atoms with Crippen molar-refractivity contribution in [2.75, 3.05) is 68.0 Å². The number of aliphatic hydroxyl groups is 1.